The first-order chi connectivity index (χ1) is 5.22. The van der Waals surface area contributed by atoms with Crippen LogP contribution in [0.3, 0.4) is 0 Å². The first-order valence-electron chi connectivity index (χ1n) is 3.67. The van der Waals surface area contributed by atoms with Crippen LogP contribution in [0.1, 0.15) is 6.92 Å². The highest BCUT2D eigenvalue weighted by Gasteiger charge is 2.01. The van der Waals surface area contributed by atoms with Crippen LogP contribution in [0.25, 0.3) is 0 Å². The molecule has 66 valence electrons. The van der Waals surface area contributed by atoms with E-state index in [0.717, 1.165) is 6.54 Å². The normalized spacial score (nSPS) is 12.6. The Morgan fingerprint density at radius 3 is 2.82 bits per heavy atom. The largest absolute Gasteiger partial charge is 0.383 e. The molecule has 0 saturated carbocycles. The summed E-state index contributed by atoms with van der Waals surface area (Å²) in [4.78, 5) is 1.79. The smallest absolute Gasteiger partial charge is 0.0827 e. The molecule has 0 aromatic carbocycles. The van der Waals surface area contributed by atoms with Crippen molar-refractivity contribution in [1.82, 2.24) is 10.2 Å². The molecule has 4 heteroatoms. The standard InChI is InChI=1S/C7H17N3O/c1-7(10(2)6-8)9-4-5-11-3/h6-9H,4-5H2,1-3H3. The van der Waals surface area contributed by atoms with Crippen molar-refractivity contribution in [1.29, 1.82) is 5.41 Å². The molecule has 0 fully saturated rings. The molecule has 0 amide bonds. The van der Waals surface area contributed by atoms with Gasteiger partial charge in [-0.1, -0.05) is 0 Å². The number of nitrogens with zero attached hydrogens (tertiary/aromatic N) is 1. The molecule has 1 atom stereocenters. The quantitative estimate of drug-likeness (QED) is 0.250. The molecule has 0 rings (SSSR count). The van der Waals surface area contributed by atoms with Crippen molar-refractivity contribution in [2.75, 3.05) is 27.3 Å². The molecular formula is C7H17N3O. The maximum absolute atomic E-state index is 6.95. The van der Waals surface area contributed by atoms with Gasteiger partial charge in [-0.2, -0.15) is 0 Å². The summed E-state index contributed by atoms with van der Waals surface area (Å²) in [6, 6.07) is 0. The lowest BCUT2D eigenvalue weighted by molar-refractivity contribution is 0.188. The van der Waals surface area contributed by atoms with Crippen LogP contribution in [0, 0.1) is 5.41 Å². The second-order valence-electron chi connectivity index (χ2n) is 2.42. The van der Waals surface area contributed by atoms with E-state index in [9.17, 15) is 0 Å². The fraction of sp³-hybridized carbons (Fsp3) is 0.857. The van der Waals surface area contributed by atoms with Crippen molar-refractivity contribution in [3.63, 3.8) is 0 Å². The molecule has 11 heavy (non-hydrogen) atoms. The van der Waals surface area contributed by atoms with E-state index in [2.05, 4.69) is 5.32 Å². The zero-order chi connectivity index (χ0) is 8.69. The van der Waals surface area contributed by atoms with Gasteiger partial charge in [0.15, 0.2) is 0 Å². The van der Waals surface area contributed by atoms with Crippen LogP contribution in [-0.2, 0) is 4.74 Å². The van der Waals surface area contributed by atoms with E-state index in [0.29, 0.717) is 6.61 Å². The second-order valence-corrected chi connectivity index (χ2v) is 2.42. The van der Waals surface area contributed by atoms with Crippen LogP contribution in [0.2, 0.25) is 0 Å². The van der Waals surface area contributed by atoms with Gasteiger partial charge in [-0.3, -0.25) is 10.7 Å². The van der Waals surface area contributed by atoms with Gasteiger partial charge in [-0.05, 0) is 6.92 Å². The van der Waals surface area contributed by atoms with Crippen molar-refractivity contribution in [2.45, 2.75) is 13.1 Å². The van der Waals surface area contributed by atoms with E-state index in [4.69, 9.17) is 10.1 Å². The molecule has 0 heterocycles. The molecule has 4 nitrogen and oxygen atoms in total. The van der Waals surface area contributed by atoms with Gasteiger partial charge in [0.1, 0.15) is 0 Å². The molecule has 0 aromatic rings. The Labute approximate surface area is 68.0 Å². The molecular weight excluding hydrogens is 142 g/mol. The topological polar surface area (TPSA) is 48.4 Å². The minimum Gasteiger partial charge on any atom is -0.383 e. The fourth-order valence-electron chi connectivity index (χ4n) is 0.626. The van der Waals surface area contributed by atoms with Crippen LogP contribution in [0.4, 0.5) is 0 Å². The Hall–Kier alpha value is -0.610. The summed E-state index contributed by atoms with van der Waals surface area (Å²) < 4.78 is 4.87. The SMILES string of the molecule is COCCNC(C)N(C)C=N. The molecule has 0 radical (unpaired) electrons. The van der Waals surface area contributed by atoms with Crippen LogP contribution in [0.5, 0.6) is 0 Å². The Kier molecular flexibility index (Phi) is 5.78. The van der Waals surface area contributed by atoms with Gasteiger partial charge >= 0.3 is 0 Å². The van der Waals surface area contributed by atoms with Gasteiger partial charge in [-0.15, -0.1) is 0 Å². The third kappa shape index (κ3) is 4.75. The van der Waals surface area contributed by atoms with E-state index in [-0.39, 0.29) is 6.17 Å². The lowest BCUT2D eigenvalue weighted by Crippen LogP contribution is -2.41. The molecule has 1 unspecified atom stereocenters. The van der Waals surface area contributed by atoms with E-state index in [1.165, 1.54) is 6.34 Å². The van der Waals surface area contributed by atoms with E-state index in [1.54, 1.807) is 12.0 Å². The van der Waals surface area contributed by atoms with Gasteiger partial charge in [0.25, 0.3) is 0 Å². The van der Waals surface area contributed by atoms with Crippen molar-refractivity contribution in [3.05, 3.63) is 0 Å². The number of hydrogen-bond acceptors (Lipinski definition) is 3. The van der Waals surface area contributed by atoms with Crippen LogP contribution in [0.15, 0.2) is 0 Å². The zero-order valence-electron chi connectivity index (χ0n) is 7.42. The van der Waals surface area contributed by atoms with Crippen molar-refractivity contribution < 1.29 is 4.74 Å². The average molecular weight is 159 g/mol. The Balaban J connectivity index is 3.35. The van der Waals surface area contributed by atoms with Crippen LogP contribution < -0.4 is 5.32 Å². The number of methoxy groups -OCH3 is 1. The summed E-state index contributed by atoms with van der Waals surface area (Å²) >= 11 is 0. The monoisotopic (exact) mass is 159 g/mol. The number of hydrogen-bond donors (Lipinski definition) is 2. The lowest BCUT2D eigenvalue weighted by Gasteiger charge is -2.22. The van der Waals surface area contributed by atoms with Gasteiger partial charge in [0.2, 0.25) is 0 Å². The van der Waals surface area contributed by atoms with Crippen molar-refractivity contribution in [2.24, 2.45) is 0 Å². The summed E-state index contributed by atoms with van der Waals surface area (Å²) in [7, 11) is 3.53. The molecule has 0 saturated heterocycles. The molecule has 0 bridgehead atoms. The average Bonchev–Trinajstić information content (AvgIpc) is 2.03. The number of nitrogens with one attached hydrogen (secondary N) is 2. The second kappa shape index (κ2) is 6.12. The van der Waals surface area contributed by atoms with Crippen LogP contribution in [-0.4, -0.2) is 44.7 Å². The van der Waals surface area contributed by atoms with Crippen molar-refractivity contribution >= 4 is 6.34 Å². The minimum absolute atomic E-state index is 0.197. The van der Waals surface area contributed by atoms with Crippen LogP contribution >= 0.6 is 0 Å². The first kappa shape index (κ1) is 10.4. The van der Waals surface area contributed by atoms with Gasteiger partial charge in [0.05, 0.1) is 19.1 Å². The maximum atomic E-state index is 6.95. The van der Waals surface area contributed by atoms with Gasteiger partial charge < -0.3 is 9.64 Å². The summed E-state index contributed by atoms with van der Waals surface area (Å²) in [6.07, 6.45) is 1.49. The molecule has 2 N–H and O–H groups in total. The Bertz CT molecular complexity index is 108. The third-order valence-electron chi connectivity index (χ3n) is 1.56. The summed E-state index contributed by atoms with van der Waals surface area (Å²) in [5.41, 5.74) is 0. The summed E-state index contributed by atoms with van der Waals surface area (Å²) in [5, 5.41) is 10.1. The molecule has 0 aromatic heterocycles. The first-order valence-corrected chi connectivity index (χ1v) is 3.67. The van der Waals surface area contributed by atoms with E-state index >= 15 is 0 Å². The summed E-state index contributed by atoms with van der Waals surface area (Å²) in [6.45, 7) is 3.52. The Morgan fingerprint density at radius 1 is 1.73 bits per heavy atom. The molecule has 0 aliphatic heterocycles. The zero-order valence-corrected chi connectivity index (χ0v) is 7.42. The molecule has 0 aliphatic rings. The molecule has 0 aliphatic carbocycles. The molecule has 0 spiro atoms. The summed E-state index contributed by atoms with van der Waals surface area (Å²) in [5.74, 6) is 0. The lowest BCUT2D eigenvalue weighted by atomic mass is 10.5. The third-order valence-corrected chi connectivity index (χ3v) is 1.56. The van der Waals surface area contributed by atoms with Gasteiger partial charge in [-0.25, -0.2) is 0 Å². The van der Waals surface area contributed by atoms with E-state index in [1.807, 2.05) is 14.0 Å². The van der Waals surface area contributed by atoms with Gasteiger partial charge in [0, 0.05) is 20.7 Å². The number of ether oxygens (including phenoxy) is 1. The highest BCUT2D eigenvalue weighted by molar-refractivity contribution is 5.50. The highest BCUT2D eigenvalue weighted by atomic mass is 16.5. The number of rotatable bonds is 6. The Morgan fingerprint density at radius 2 is 2.36 bits per heavy atom. The minimum atomic E-state index is 0.197. The highest BCUT2D eigenvalue weighted by Crippen LogP contribution is 1.84. The predicted molar refractivity (Wildman–Crippen MR) is 45.9 cm³/mol. The van der Waals surface area contributed by atoms with E-state index < -0.39 is 0 Å². The van der Waals surface area contributed by atoms with Crippen molar-refractivity contribution in [3.8, 4) is 0 Å². The maximum Gasteiger partial charge on any atom is 0.0827 e. The predicted octanol–water partition coefficient (Wildman–Crippen LogP) is 0.107. The fourth-order valence-corrected chi connectivity index (χ4v) is 0.626.